The standard InChI is InChI=1S/C13H21N5/c1-6-11-9(4)17-18(10(11)5)7-12-14-13(8(2)3)16-15-12/h8H,6-7H2,1-5H3,(H,14,15,16). The zero-order chi connectivity index (χ0) is 13.3. The van der Waals surface area contributed by atoms with Crippen molar-refractivity contribution < 1.29 is 0 Å². The van der Waals surface area contributed by atoms with Crippen LogP contribution in [0.15, 0.2) is 0 Å². The molecule has 0 aliphatic rings. The van der Waals surface area contributed by atoms with Gasteiger partial charge in [-0.15, -0.1) is 0 Å². The van der Waals surface area contributed by atoms with E-state index in [-0.39, 0.29) is 0 Å². The van der Waals surface area contributed by atoms with Crippen molar-refractivity contribution in [1.82, 2.24) is 25.0 Å². The minimum absolute atomic E-state index is 0.349. The van der Waals surface area contributed by atoms with Crippen LogP contribution in [0.4, 0.5) is 0 Å². The smallest absolute Gasteiger partial charge is 0.153 e. The van der Waals surface area contributed by atoms with Crippen LogP contribution in [0.1, 0.15) is 55.3 Å². The summed E-state index contributed by atoms with van der Waals surface area (Å²) < 4.78 is 2.00. The van der Waals surface area contributed by atoms with E-state index >= 15 is 0 Å². The van der Waals surface area contributed by atoms with Gasteiger partial charge in [0.05, 0.1) is 5.69 Å². The third-order valence-electron chi connectivity index (χ3n) is 3.25. The van der Waals surface area contributed by atoms with E-state index in [0.717, 1.165) is 23.8 Å². The fraction of sp³-hybridized carbons (Fsp3) is 0.615. The summed E-state index contributed by atoms with van der Waals surface area (Å²) in [7, 11) is 0. The molecule has 0 radical (unpaired) electrons. The summed E-state index contributed by atoms with van der Waals surface area (Å²) in [6.45, 7) is 11.2. The lowest BCUT2D eigenvalue weighted by Gasteiger charge is -2.02. The van der Waals surface area contributed by atoms with Gasteiger partial charge in [-0.05, 0) is 25.8 Å². The molecule has 5 nitrogen and oxygen atoms in total. The zero-order valence-corrected chi connectivity index (χ0v) is 11.8. The van der Waals surface area contributed by atoms with Crippen molar-refractivity contribution in [2.45, 2.75) is 53.5 Å². The molecule has 2 rings (SSSR count). The maximum Gasteiger partial charge on any atom is 0.153 e. The number of aromatic amines is 1. The largest absolute Gasteiger partial charge is 0.262 e. The third kappa shape index (κ3) is 2.30. The summed E-state index contributed by atoms with van der Waals surface area (Å²) in [4.78, 5) is 4.48. The lowest BCUT2D eigenvalue weighted by atomic mass is 10.1. The van der Waals surface area contributed by atoms with E-state index in [4.69, 9.17) is 0 Å². The van der Waals surface area contributed by atoms with Gasteiger partial charge in [-0.25, -0.2) is 4.98 Å². The molecule has 18 heavy (non-hydrogen) atoms. The van der Waals surface area contributed by atoms with Crippen LogP contribution in [-0.2, 0) is 13.0 Å². The second kappa shape index (κ2) is 4.92. The summed E-state index contributed by atoms with van der Waals surface area (Å²) in [5, 5.41) is 11.8. The second-order valence-electron chi connectivity index (χ2n) is 4.96. The molecule has 0 aliphatic heterocycles. The van der Waals surface area contributed by atoms with Crippen molar-refractivity contribution in [2.75, 3.05) is 0 Å². The average Bonchev–Trinajstić information content (AvgIpc) is 2.86. The summed E-state index contributed by atoms with van der Waals surface area (Å²) in [5.41, 5.74) is 3.66. The second-order valence-corrected chi connectivity index (χ2v) is 4.96. The van der Waals surface area contributed by atoms with E-state index < -0.39 is 0 Å². The lowest BCUT2D eigenvalue weighted by molar-refractivity contribution is 0.632. The first-order valence-electron chi connectivity index (χ1n) is 6.47. The van der Waals surface area contributed by atoms with Crippen molar-refractivity contribution >= 4 is 0 Å². The van der Waals surface area contributed by atoms with Gasteiger partial charge in [0.1, 0.15) is 12.4 Å². The predicted molar refractivity (Wildman–Crippen MR) is 70.7 cm³/mol. The first kappa shape index (κ1) is 12.8. The van der Waals surface area contributed by atoms with Gasteiger partial charge in [-0.1, -0.05) is 20.8 Å². The molecule has 0 unspecified atom stereocenters. The van der Waals surface area contributed by atoms with Crippen molar-refractivity contribution in [1.29, 1.82) is 0 Å². The van der Waals surface area contributed by atoms with Crippen LogP contribution in [0.5, 0.6) is 0 Å². The van der Waals surface area contributed by atoms with Crippen LogP contribution in [0.25, 0.3) is 0 Å². The molecule has 98 valence electrons. The van der Waals surface area contributed by atoms with Crippen molar-refractivity contribution in [3.63, 3.8) is 0 Å². The monoisotopic (exact) mass is 247 g/mol. The van der Waals surface area contributed by atoms with E-state index in [1.165, 1.54) is 11.3 Å². The number of aryl methyl sites for hydroxylation is 1. The number of H-pyrrole nitrogens is 1. The molecule has 0 spiro atoms. The molecular weight excluding hydrogens is 226 g/mol. The summed E-state index contributed by atoms with van der Waals surface area (Å²) in [6.07, 6.45) is 1.02. The van der Waals surface area contributed by atoms with Gasteiger partial charge in [0.2, 0.25) is 0 Å². The zero-order valence-electron chi connectivity index (χ0n) is 11.8. The molecule has 5 heteroatoms. The van der Waals surface area contributed by atoms with Crippen LogP contribution in [0.3, 0.4) is 0 Å². The highest BCUT2D eigenvalue weighted by molar-refractivity contribution is 5.24. The van der Waals surface area contributed by atoms with E-state index in [9.17, 15) is 0 Å². The number of nitrogens with zero attached hydrogens (tertiary/aromatic N) is 4. The Morgan fingerprint density at radius 2 is 2.00 bits per heavy atom. The summed E-state index contributed by atoms with van der Waals surface area (Å²) >= 11 is 0. The molecule has 0 atom stereocenters. The SMILES string of the molecule is CCc1c(C)nn(Cc2nc(C(C)C)n[nH]2)c1C. The van der Waals surface area contributed by atoms with E-state index in [2.05, 4.69) is 54.9 Å². The van der Waals surface area contributed by atoms with Gasteiger partial charge < -0.3 is 0 Å². The van der Waals surface area contributed by atoms with Crippen LogP contribution in [-0.4, -0.2) is 25.0 Å². The highest BCUT2D eigenvalue weighted by Gasteiger charge is 2.12. The van der Waals surface area contributed by atoms with Crippen LogP contribution in [0.2, 0.25) is 0 Å². The van der Waals surface area contributed by atoms with Crippen molar-refractivity contribution in [3.8, 4) is 0 Å². The van der Waals surface area contributed by atoms with Crippen LogP contribution < -0.4 is 0 Å². The Morgan fingerprint density at radius 1 is 1.28 bits per heavy atom. The van der Waals surface area contributed by atoms with Crippen molar-refractivity contribution in [3.05, 3.63) is 28.6 Å². The van der Waals surface area contributed by atoms with Crippen LogP contribution >= 0.6 is 0 Å². The molecule has 2 aromatic rings. The number of hydrogen-bond donors (Lipinski definition) is 1. The molecule has 0 saturated heterocycles. The number of rotatable bonds is 4. The first-order valence-corrected chi connectivity index (χ1v) is 6.47. The normalized spacial score (nSPS) is 11.4. The third-order valence-corrected chi connectivity index (χ3v) is 3.25. The van der Waals surface area contributed by atoms with Gasteiger partial charge in [-0.2, -0.15) is 10.2 Å². The molecule has 0 fully saturated rings. The van der Waals surface area contributed by atoms with Crippen molar-refractivity contribution in [2.24, 2.45) is 0 Å². The minimum Gasteiger partial charge on any atom is -0.262 e. The quantitative estimate of drug-likeness (QED) is 0.902. The molecule has 0 amide bonds. The Kier molecular flexibility index (Phi) is 3.50. The molecule has 0 saturated carbocycles. The molecule has 2 aromatic heterocycles. The topological polar surface area (TPSA) is 59.4 Å². The van der Waals surface area contributed by atoms with Gasteiger partial charge in [0, 0.05) is 11.6 Å². The maximum atomic E-state index is 4.56. The number of hydrogen-bond acceptors (Lipinski definition) is 3. The molecule has 0 aromatic carbocycles. The fourth-order valence-electron chi connectivity index (χ4n) is 2.18. The van der Waals surface area contributed by atoms with Gasteiger partial charge >= 0.3 is 0 Å². The maximum absolute atomic E-state index is 4.56. The molecular formula is C13H21N5. The molecule has 0 aliphatic carbocycles. The summed E-state index contributed by atoms with van der Waals surface area (Å²) in [6, 6.07) is 0. The van der Waals surface area contributed by atoms with E-state index in [1.54, 1.807) is 0 Å². The predicted octanol–water partition coefficient (Wildman–Crippen LogP) is 2.35. The lowest BCUT2D eigenvalue weighted by Crippen LogP contribution is -2.06. The van der Waals surface area contributed by atoms with Gasteiger partial charge in [0.15, 0.2) is 5.82 Å². The highest BCUT2D eigenvalue weighted by Crippen LogP contribution is 2.15. The molecule has 2 heterocycles. The first-order chi connectivity index (χ1) is 8.52. The van der Waals surface area contributed by atoms with E-state index in [1.807, 2.05) is 4.68 Å². The molecule has 0 bridgehead atoms. The summed E-state index contributed by atoms with van der Waals surface area (Å²) in [5.74, 6) is 2.08. The van der Waals surface area contributed by atoms with Gasteiger partial charge in [-0.3, -0.25) is 9.78 Å². The Morgan fingerprint density at radius 3 is 2.50 bits per heavy atom. The van der Waals surface area contributed by atoms with E-state index in [0.29, 0.717) is 12.5 Å². The average molecular weight is 247 g/mol. The van der Waals surface area contributed by atoms with Crippen LogP contribution in [0, 0.1) is 13.8 Å². The number of nitrogens with one attached hydrogen (secondary N) is 1. The minimum atomic E-state index is 0.349. The highest BCUT2D eigenvalue weighted by atomic mass is 15.3. The Hall–Kier alpha value is -1.65. The van der Waals surface area contributed by atoms with Gasteiger partial charge in [0.25, 0.3) is 0 Å². The Balaban J connectivity index is 2.23. The Bertz CT molecular complexity index is 536. The molecule has 1 N–H and O–H groups in total. The number of aromatic nitrogens is 5. The Labute approximate surface area is 108 Å². The fourth-order valence-corrected chi connectivity index (χ4v) is 2.18.